The van der Waals surface area contributed by atoms with Gasteiger partial charge in [-0.25, -0.2) is 4.79 Å². The summed E-state index contributed by atoms with van der Waals surface area (Å²) in [6.45, 7) is 1.21. The smallest absolute Gasteiger partial charge is 0.339 e. The van der Waals surface area contributed by atoms with Gasteiger partial charge in [-0.2, -0.15) is 0 Å². The van der Waals surface area contributed by atoms with Crippen molar-refractivity contribution in [2.24, 2.45) is 0 Å². The maximum Gasteiger partial charge on any atom is 0.339 e. The normalized spacial score (nSPS) is 16.8. The first kappa shape index (κ1) is 16.3. The molecule has 3 heterocycles. The Morgan fingerprint density at radius 2 is 2.08 bits per heavy atom. The molecule has 0 saturated carbocycles. The van der Waals surface area contributed by atoms with Crippen molar-refractivity contribution in [3.8, 4) is 5.75 Å². The monoisotopic (exact) mass is 350 g/mol. The lowest BCUT2D eigenvalue weighted by atomic mass is 10.0. The van der Waals surface area contributed by atoms with Gasteiger partial charge in [0.1, 0.15) is 11.3 Å². The zero-order valence-corrected chi connectivity index (χ0v) is 14.1. The first-order chi connectivity index (χ1) is 12.7. The van der Waals surface area contributed by atoms with E-state index in [0.717, 1.165) is 12.1 Å². The van der Waals surface area contributed by atoms with Crippen LogP contribution < -0.4 is 10.4 Å². The molecule has 1 fully saturated rings. The summed E-state index contributed by atoms with van der Waals surface area (Å²) in [6.07, 6.45) is 2.66. The molecule has 0 aliphatic carbocycles. The van der Waals surface area contributed by atoms with Gasteiger partial charge in [0.25, 0.3) is 5.91 Å². The fourth-order valence-electron chi connectivity index (χ4n) is 3.28. The number of hydrogen-bond donors (Lipinski definition) is 0. The summed E-state index contributed by atoms with van der Waals surface area (Å²) in [5.74, 6) is 0.524. The van der Waals surface area contributed by atoms with Crippen LogP contribution in [0.2, 0.25) is 0 Å². The van der Waals surface area contributed by atoms with Crippen molar-refractivity contribution in [3.63, 3.8) is 0 Å². The number of hydrogen-bond acceptors (Lipinski definition) is 5. The number of aromatic nitrogens is 1. The van der Waals surface area contributed by atoms with Crippen molar-refractivity contribution >= 4 is 16.9 Å². The van der Waals surface area contributed by atoms with E-state index >= 15 is 0 Å². The van der Waals surface area contributed by atoms with Crippen molar-refractivity contribution in [2.75, 3.05) is 19.7 Å². The fourth-order valence-corrected chi connectivity index (χ4v) is 3.28. The van der Waals surface area contributed by atoms with E-state index in [-0.39, 0.29) is 18.4 Å². The number of benzene rings is 1. The molecule has 4 rings (SSSR count). The second-order valence-corrected chi connectivity index (χ2v) is 6.29. The number of likely N-dealkylation sites (tertiary alicyclic amines) is 1. The zero-order chi connectivity index (χ0) is 17.9. The zero-order valence-electron chi connectivity index (χ0n) is 14.1. The topological polar surface area (TPSA) is 72.6 Å². The highest BCUT2D eigenvalue weighted by molar-refractivity contribution is 5.84. The Labute approximate surface area is 150 Å². The lowest BCUT2D eigenvalue weighted by Gasteiger charge is -2.17. The highest BCUT2D eigenvalue weighted by Crippen LogP contribution is 2.26. The molecule has 26 heavy (non-hydrogen) atoms. The molecular weight excluding hydrogens is 332 g/mol. The van der Waals surface area contributed by atoms with Gasteiger partial charge < -0.3 is 14.1 Å². The molecule has 2 aromatic heterocycles. The highest BCUT2D eigenvalue weighted by Gasteiger charge is 2.28. The van der Waals surface area contributed by atoms with Crippen molar-refractivity contribution < 1.29 is 13.9 Å². The fraction of sp³-hybridized carbons (Fsp3) is 0.250. The minimum atomic E-state index is -0.498. The lowest BCUT2D eigenvalue weighted by Crippen LogP contribution is -2.33. The van der Waals surface area contributed by atoms with Crippen LogP contribution in [0.15, 0.2) is 63.9 Å². The van der Waals surface area contributed by atoms with Crippen LogP contribution in [-0.4, -0.2) is 35.5 Å². The van der Waals surface area contributed by atoms with Gasteiger partial charge in [-0.3, -0.25) is 9.78 Å². The average molecular weight is 350 g/mol. The Morgan fingerprint density at radius 1 is 1.23 bits per heavy atom. The number of nitrogens with zero attached hydrogens (tertiary/aromatic N) is 2. The number of fused-ring (bicyclic) bond motifs is 1. The van der Waals surface area contributed by atoms with Crippen LogP contribution in [0.1, 0.15) is 18.0 Å². The molecule has 6 heteroatoms. The molecule has 0 bridgehead atoms. The summed E-state index contributed by atoms with van der Waals surface area (Å²) in [6, 6.07) is 14.2. The first-order valence-electron chi connectivity index (χ1n) is 8.55. The molecule has 1 aliphatic rings. The Kier molecular flexibility index (Phi) is 4.39. The van der Waals surface area contributed by atoms with Gasteiger partial charge in [-0.05, 0) is 30.7 Å². The van der Waals surface area contributed by atoms with Crippen molar-refractivity contribution in [1.82, 2.24) is 9.88 Å². The first-order valence-corrected chi connectivity index (χ1v) is 8.55. The molecule has 1 aromatic carbocycles. The van der Waals surface area contributed by atoms with Gasteiger partial charge in [0.05, 0.1) is 11.5 Å². The predicted molar refractivity (Wildman–Crippen MR) is 96.2 cm³/mol. The van der Waals surface area contributed by atoms with E-state index in [4.69, 9.17) is 9.15 Å². The van der Waals surface area contributed by atoms with Crippen LogP contribution in [0.25, 0.3) is 11.0 Å². The van der Waals surface area contributed by atoms with Crippen LogP contribution >= 0.6 is 0 Å². The van der Waals surface area contributed by atoms with Gasteiger partial charge in [-0.1, -0.05) is 18.2 Å². The van der Waals surface area contributed by atoms with Gasteiger partial charge in [0.15, 0.2) is 6.61 Å². The van der Waals surface area contributed by atoms with E-state index < -0.39 is 5.63 Å². The molecule has 3 aromatic rings. The molecule has 1 unspecified atom stereocenters. The van der Waals surface area contributed by atoms with E-state index in [1.807, 2.05) is 24.3 Å². The summed E-state index contributed by atoms with van der Waals surface area (Å²) in [5, 5.41) is 0.674. The van der Waals surface area contributed by atoms with Crippen LogP contribution in [0.3, 0.4) is 0 Å². The summed E-state index contributed by atoms with van der Waals surface area (Å²) in [7, 11) is 0. The average Bonchev–Trinajstić information content (AvgIpc) is 3.17. The van der Waals surface area contributed by atoms with Crippen LogP contribution in [0.5, 0.6) is 5.75 Å². The molecule has 1 aliphatic heterocycles. The Bertz CT molecular complexity index is 984. The van der Waals surface area contributed by atoms with E-state index in [2.05, 4.69) is 4.98 Å². The van der Waals surface area contributed by atoms with Gasteiger partial charge in [0, 0.05) is 30.9 Å². The van der Waals surface area contributed by atoms with Crippen molar-refractivity contribution in [3.05, 3.63) is 70.8 Å². The molecule has 0 N–H and O–H groups in total. The van der Waals surface area contributed by atoms with Crippen molar-refractivity contribution in [1.29, 1.82) is 0 Å². The molecule has 0 spiro atoms. The van der Waals surface area contributed by atoms with E-state index in [0.29, 0.717) is 29.8 Å². The molecule has 0 radical (unpaired) electrons. The highest BCUT2D eigenvalue weighted by atomic mass is 16.5. The van der Waals surface area contributed by atoms with Crippen molar-refractivity contribution in [2.45, 2.75) is 12.3 Å². The van der Waals surface area contributed by atoms with E-state index in [1.54, 1.807) is 29.3 Å². The molecule has 6 nitrogen and oxygen atoms in total. The third kappa shape index (κ3) is 3.31. The number of amides is 1. The largest absolute Gasteiger partial charge is 0.483 e. The van der Waals surface area contributed by atoms with Gasteiger partial charge in [-0.15, -0.1) is 0 Å². The molecular formula is C20H18N2O4. The Morgan fingerprint density at radius 3 is 2.92 bits per heavy atom. The summed E-state index contributed by atoms with van der Waals surface area (Å²) >= 11 is 0. The third-order valence-electron chi connectivity index (χ3n) is 4.61. The number of ether oxygens (including phenoxy) is 1. The van der Waals surface area contributed by atoms with E-state index in [1.165, 1.54) is 6.07 Å². The van der Waals surface area contributed by atoms with E-state index in [9.17, 15) is 9.59 Å². The maximum absolute atomic E-state index is 12.5. The minimum absolute atomic E-state index is 0.0965. The minimum Gasteiger partial charge on any atom is -0.483 e. The quantitative estimate of drug-likeness (QED) is 0.676. The SMILES string of the molecule is O=C(COc1cc(=O)oc2ccccc12)N1CCC(c2ccccn2)C1. The standard InChI is InChI=1S/C20H18N2O4/c23-19(22-10-8-14(12-22)16-6-3-4-9-21-16)13-25-18-11-20(24)26-17-7-2-1-5-15(17)18/h1-7,9,11,14H,8,10,12-13H2. The molecule has 1 atom stereocenters. The Balaban J connectivity index is 1.43. The number of carbonyl (C=O) groups is 1. The number of para-hydroxylation sites is 1. The summed E-state index contributed by atoms with van der Waals surface area (Å²) in [4.78, 5) is 30.3. The molecule has 132 valence electrons. The second-order valence-electron chi connectivity index (χ2n) is 6.29. The van der Waals surface area contributed by atoms with Gasteiger partial charge in [0.2, 0.25) is 0 Å². The van der Waals surface area contributed by atoms with Crippen LogP contribution in [0.4, 0.5) is 0 Å². The predicted octanol–water partition coefficient (Wildman–Crippen LogP) is 2.58. The van der Waals surface area contributed by atoms with Crippen LogP contribution in [0, 0.1) is 0 Å². The number of rotatable bonds is 4. The van der Waals surface area contributed by atoms with Gasteiger partial charge >= 0.3 is 5.63 Å². The second kappa shape index (κ2) is 7.00. The number of pyridine rings is 1. The summed E-state index contributed by atoms with van der Waals surface area (Å²) in [5.41, 5.74) is 0.955. The third-order valence-corrected chi connectivity index (χ3v) is 4.61. The van der Waals surface area contributed by atoms with Crippen LogP contribution in [-0.2, 0) is 4.79 Å². The number of carbonyl (C=O) groups excluding carboxylic acids is 1. The lowest BCUT2D eigenvalue weighted by molar-refractivity contribution is -0.132. The Hall–Kier alpha value is -3.15. The molecule has 1 saturated heterocycles. The maximum atomic E-state index is 12.5. The molecule has 1 amide bonds. The summed E-state index contributed by atoms with van der Waals surface area (Å²) < 4.78 is 10.8.